The van der Waals surface area contributed by atoms with E-state index in [0.29, 0.717) is 11.4 Å². The molecule has 28 heavy (non-hydrogen) atoms. The lowest BCUT2D eigenvalue weighted by atomic mass is 9.86. The van der Waals surface area contributed by atoms with Gasteiger partial charge in [0.1, 0.15) is 0 Å². The van der Waals surface area contributed by atoms with Crippen molar-refractivity contribution < 1.29 is 8.78 Å². The minimum absolute atomic E-state index is 0.118. The number of nitrogens with zero attached hydrogens (tertiary/aromatic N) is 3. The first-order valence-corrected chi connectivity index (χ1v) is 9.26. The van der Waals surface area contributed by atoms with Gasteiger partial charge in [-0.1, -0.05) is 41.5 Å². The highest BCUT2D eigenvalue weighted by Crippen LogP contribution is 2.32. The van der Waals surface area contributed by atoms with Crippen molar-refractivity contribution in [2.75, 3.05) is 0 Å². The number of aromatic nitrogens is 3. The number of hydrogen-bond donors (Lipinski definition) is 0. The molecule has 0 amide bonds. The van der Waals surface area contributed by atoms with Gasteiger partial charge in [0.05, 0.1) is 22.5 Å². The Kier molecular flexibility index (Phi) is 5.04. The topological polar surface area (TPSA) is 38.7 Å². The second-order valence-electron chi connectivity index (χ2n) is 9.02. The van der Waals surface area contributed by atoms with Gasteiger partial charge in [0.2, 0.25) is 11.9 Å². The first-order chi connectivity index (χ1) is 13.0. The van der Waals surface area contributed by atoms with Crippen molar-refractivity contribution in [2.24, 2.45) is 0 Å². The highest BCUT2D eigenvalue weighted by Gasteiger charge is 2.21. The van der Waals surface area contributed by atoms with Gasteiger partial charge in [-0.3, -0.25) is 9.97 Å². The summed E-state index contributed by atoms with van der Waals surface area (Å²) in [6.07, 6.45) is 3.27. The smallest absolute Gasteiger partial charge is 0.225 e. The minimum atomic E-state index is -0.883. The van der Waals surface area contributed by atoms with Crippen LogP contribution in [0, 0.1) is 11.9 Å². The van der Waals surface area contributed by atoms with Crippen LogP contribution in [0.4, 0.5) is 8.78 Å². The van der Waals surface area contributed by atoms with Crippen LogP contribution in [-0.4, -0.2) is 15.0 Å². The van der Waals surface area contributed by atoms with E-state index in [1.165, 1.54) is 6.07 Å². The third kappa shape index (κ3) is 4.08. The summed E-state index contributed by atoms with van der Waals surface area (Å²) in [6, 6.07) is 8.88. The van der Waals surface area contributed by atoms with Crippen molar-refractivity contribution in [2.45, 2.75) is 52.4 Å². The zero-order valence-corrected chi connectivity index (χ0v) is 17.1. The van der Waals surface area contributed by atoms with Gasteiger partial charge < -0.3 is 0 Å². The molecule has 0 radical (unpaired) electrons. The van der Waals surface area contributed by atoms with E-state index >= 15 is 0 Å². The Hall–Kier alpha value is -2.69. The molecule has 0 aliphatic heterocycles. The molecule has 0 saturated heterocycles. The SMILES string of the molecule is CC(C)(C)c1ccnc(-c2cc(-c3cc(C(C)(C)C)ccn3)c(F)nc2F)c1. The number of pyridine rings is 3. The normalized spacial score (nSPS) is 12.3. The molecule has 146 valence electrons. The highest BCUT2D eigenvalue weighted by molar-refractivity contribution is 5.69. The quantitative estimate of drug-likeness (QED) is 0.505. The average Bonchev–Trinajstić information content (AvgIpc) is 2.60. The van der Waals surface area contributed by atoms with E-state index in [0.717, 1.165) is 11.1 Å². The van der Waals surface area contributed by atoms with Crippen molar-refractivity contribution in [3.05, 3.63) is 65.7 Å². The van der Waals surface area contributed by atoms with Crippen molar-refractivity contribution in [1.29, 1.82) is 0 Å². The predicted molar refractivity (Wildman–Crippen MR) is 108 cm³/mol. The summed E-state index contributed by atoms with van der Waals surface area (Å²) in [5.41, 5.74) is 2.94. The van der Waals surface area contributed by atoms with Crippen LogP contribution in [0.2, 0.25) is 0 Å². The van der Waals surface area contributed by atoms with E-state index in [-0.39, 0.29) is 22.0 Å². The molecule has 0 atom stereocenters. The first-order valence-electron chi connectivity index (χ1n) is 9.26. The molecule has 3 aromatic rings. The second-order valence-corrected chi connectivity index (χ2v) is 9.02. The van der Waals surface area contributed by atoms with E-state index in [1.807, 2.05) is 24.3 Å². The summed E-state index contributed by atoms with van der Waals surface area (Å²) in [6.45, 7) is 12.4. The van der Waals surface area contributed by atoms with Crippen LogP contribution in [0.5, 0.6) is 0 Å². The summed E-state index contributed by atoms with van der Waals surface area (Å²) < 4.78 is 29.0. The Morgan fingerprint density at radius 3 is 1.39 bits per heavy atom. The number of halogens is 2. The van der Waals surface area contributed by atoms with Gasteiger partial charge >= 0.3 is 0 Å². The first kappa shape index (κ1) is 20.1. The maximum atomic E-state index is 14.5. The molecule has 0 spiro atoms. The van der Waals surface area contributed by atoms with Crippen molar-refractivity contribution in [3.63, 3.8) is 0 Å². The fourth-order valence-corrected chi connectivity index (χ4v) is 2.92. The third-order valence-electron chi connectivity index (χ3n) is 4.73. The molecule has 0 aromatic carbocycles. The van der Waals surface area contributed by atoms with E-state index in [4.69, 9.17) is 0 Å². The van der Waals surface area contributed by atoms with Crippen molar-refractivity contribution >= 4 is 0 Å². The van der Waals surface area contributed by atoms with Crippen LogP contribution >= 0.6 is 0 Å². The molecule has 3 aromatic heterocycles. The summed E-state index contributed by atoms with van der Waals surface area (Å²) in [5.74, 6) is -1.77. The van der Waals surface area contributed by atoms with Crippen LogP contribution < -0.4 is 0 Å². The van der Waals surface area contributed by atoms with Crippen LogP contribution in [-0.2, 0) is 10.8 Å². The molecule has 5 heteroatoms. The molecule has 0 unspecified atom stereocenters. The lowest BCUT2D eigenvalue weighted by Crippen LogP contribution is -2.12. The Morgan fingerprint density at radius 2 is 1.04 bits per heavy atom. The van der Waals surface area contributed by atoms with Crippen molar-refractivity contribution in [1.82, 2.24) is 15.0 Å². The molecular weight excluding hydrogens is 356 g/mol. The number of hydrogen-bond acceptors (Lipinski definition) is 3. The Balaban J connectivity index is 2.15. The van der Waals surface area contributed by atoms with Crippen LogP contribution in [0.15, 0.2) is 42.7 Å². The molecular formula is C23H25F2N3. The standard InChI is InChI=1S/C23H25F2N3/c1-22(2,3)14-7-9-26-18(11-14)16-13-17(21(25)28-20(16)24)19-12-15(8-10-27-19)23(4,5)6/h7-13H,1-6H3. The third-order valence-corrected chi connectivity index (χ3v) is 4.73. The lowest BCUT2D eigenvalue weighted by molar-refractivity contribution is 0.517. The summed E-state index contributed by atoms with van der Waals surface area (Å²) in [7, 11) is 0. The molecule has 3 rings (SSSR count). The molecule has 0 N–H and O–H groups in total. The van der Waals surface area contributed by atoms with Gasteiger partial charge in [-0.2, -0.15) is 13.8 Å². The van der Waals surface area contributed by atoms with E-state index in [2.05, 4.69) is 56.5 Å². The zero-order valence-electron chi connectivity index (χ0n) is 17.1. The maximum absolute atomic E-state index is 14.5. The lowest BCUT2D eigenvalue weighted by Gasteiger charge is -2.20. The predicted octanol–water partition coefficient (Wildman–Crippen LogP) is 6.08. The highest BCUT2D eigenvalue weighted by atomic mass is 19.1. The van der Waals surface area contributed by atoms with Crippen LogP contribution in [0.1, 0.15) is 52.7 Å². The van der Waals surface area contributed by atoms with E-state index in [1.54, 1.807) is 12.4 Å². The molecule has 3 heterocycles. The van der Waals surface area contributed by atoms with Gasteiger partial charge in [-0.05, 0) is 52.3 Å². The Morgan fingerprint density at radius 1 is 0.643 bits per heavy atom. The Labute approximate surface area is 164 Å². The largest absolute Gasteiger partial charge is 0.256 e. The minimum Gasteiger partial charge on any atom is -0.256 e. The zero-order chi connectivity index (χ0) is 20.7. The molecule has 0 saturated carbocycles. The molecule has 0 fully saturated rings. The van der Waals surface area contributed by atoms with Gasteiger partial charge in [-0.15, -0.1) is 0 Å². The van der Waals surface area contributed by atoms with E-state index < -0.39 is 11.9 Å². The van der Waals surface area contributed by atoms with E-state index in [9.17, 15) is 8.78 Å². The summed E-state index contributed by atoms with van der Waals surface area (Å²) in [5, 5.41) is 0. The van der Waals surface area contributed by atoms with Gasteiger partial charge in [0, 0.05) is 12.4 Å². The monoisotopic (exact) mass is 381 g/mol. The molecule has 3 nitrogen and oxygen atoms in total. The Bertz CT molecular complexity index is 936. The summed E-state index contributed by atoms with van der Waals surface area (Å²) in [4.78, 5) is 12.1. The average molecular weight is 381 g/mol. The fraction of sp³-hybridized carbons (Fsp3) is 0.348. The number of rotatable bonds is 2. The molecule has 0 bridgehead atoms. The van der Waals surface area contributed by atoms with Gasteiger partial charge in [-0.25, -0.2) is 0 Å². The van der Waals surface area contributed by atoms with Crippen LogP contribution in [0.3, 0.4) is 0 Å². The second kappa shape index (κ2) is 7.04. The summed E-state index contributed by atoms with van der Waals surface area (Å²) >= 11 is 0. The molecule has 0 aliphatic carbocycles. The van der Waals surface area contributed by atoms with Gasteiger partial charge in [0.15, 0.2) is 0 Å². The van der Waals surface area contributed by atoms with Crippen molar-refractivity contribution in [3.8, 4) is 22.5 Å². The fourth-order valence-electron chi connectivity index (χ4n) is 2.92. The van der Waals surface area contributed by atoms with Crippen LogP contribution in [0.25, 0.3) is 22.5 Å². The maximum Gasteiger partial charge on any atom is 0.225 e. The van der Waals surface area contributed by atoms with Gasteiger partial charge in [0.25, 0.3) is 0 Å². The molecule has 0 aliphatic rings.